The Morgan fingerprint density at radius 3 is 2.56 bits per heavy atom. The van der Waals surface area contributed by atoms with E-state index in [1.807, 2.05) is 29.6 Å². The van der Waals surface area contributed by atoms with Gasteiger partial charge in [-0.3, -0.25) is 4.90 Å². The number of rotatable bonds is 5. The van der Waals surface area contributed by atoms with Gasteiger partial charge < -0.3 is 0 Å². The third kappa shape index (κ3) is 3.95. The van der Waals surface area contributed by atoms with E-state index in [1.54, 1.807) is 11.3 Å². The van der Waals surface area contributed by atoms with Crippen LogP contribution in [0, 0.1) is 0 Å². The molecule has 2 rings (SSSR count). The zero-order valence-electron chi connectivity index (χ0n) is 10.1. The molecular formula is C13H14Cl2N2S. The predicted molar refractivity (Wildman–Crippen MR) is 78.3 cm³/mol. The Kier molecular flexibility index (Phi) is 5.01. The summed E-state index contributed by atoms with van der Waals surface area (Å²) < 4.78 is 0. The van der Waals surface area contributed by atoms with Crippen molar-refractivity contribution in [3.05, 3.63) is 50.9 Å². The third-order valence-electron chi connectivity index (χ3n) is 2.51. The van der Waals surface area contributed by atoms with Gasteiger partial charge in [0.2, 0.25) is 0 Å². The van der Waals surface area contributed by atoms with Crippen molar-refractivity contribution in [2.24, 2.45) is 0 Å². The van der Waals surface area contributed by atoms with Gasteiger partial charge in [-0.1, -0.05) is 23.7 Å². The monoisotopic (exact) mass is 300 g/mol. The summed E-state index contributed by atoms with van der Waals surface area (Å²) in [5.74, 6) is 0.484. The van der Waals surface area contributed by atoms with Crippen molar-refractivity contribution in [1.29, 1.82) is 0 Å². The van der Waals surface area contributed by atoms with Crippen molar-refractivity contribution in [2.75, 3.05) is 7.05 Å². The highest BCUT2D eigenvalue weighted by Gasteiger charge is 2.06. The van der Waals surface area contributed by atoms with Crippen molar-refractivity contribution in [1.82, 2.24) is 9.88 Å². The summed E-state index contributed by atoms with van der Waals surface area (Å²) in [4.78, 5) is 6.67. The van der Waals surface area contributed by atoms with E-state index in [1.165, 1.54) is 5.56 Å². The first-order chi connectivity index (χ1) is 8.67. The fourth-order valence-electron chi connectivity index (χ4n) is 1.67. The van der Waals surface area contributed by atoms with Gasteiger partial charge in [0.25, 0.3) is 0 Å². The molecule has 0 amide bonds. The second-order valence-corrected chi connectivity index (χ2v) is 5.81. The maximum absolute atomic E-state index is 5.86. The quantitative estimate of drug-likeness (QED) is 0.771. The predicted octanol–water partition coefficient (Wildman–Crippen LogP) is 4.17. The van der Waals surface area contributed by atoms with Crippen molar-refractivity contribution < 1.29 is 0 Å². The van der Waals surface area contributed by atoms with Gasteiger partial charge in [0, 0.05) is 16.9 Å². The highest BCUT2D eigenvalue weighted by Crippen LogP contribution is 2.15. The van der Waals surface area contributed by atoms with Gasteiger partial charge in [-0.25, -0.2) is 4.98 Å². The smallest absolute Gasteiger partial charge is 0.107 e. The van der Waals surface area contributed by atoms with Crippen molar-refractivity contribution in [3.8, 4) is 0 Å². The molecular weight excluding hydrogens is 287 g/mol. The van der Waals surface area contributed by atoms with Gasteiger partial charge in [0.05, 0.1) is 18.1 Å². The van der Waals surface area contributed by atoms with Crippen LogP contribution in [0.3, 0.4) is 0 Å². The minimum Gasteiger partial charge on any atom is -0.295 e. The Labute approximate surface area is 121 Å². The van der Waals surface area contributed by atoms with Gasteiger partial charge in [0.1, 0.15) is 5.01 Å². The molecule has 0 N–H and O–H groups in total. The van der Waals surface area contributed by atoms with Crippen LogP contribution in [-0.2, 0) is 19.0 Å². The van der Waals surface area contributed by atoms with Gasteiger partial charge in [-0.15, -0.1) is 22.9 Å². The van der Waals surface area contributed by atoms with E-state index >= 15 is 0 Å². The fourth-order valence-corrected chi connectivity index (χ4v) is 2.90. The maximum Gasteiger partial charge on any atom is 0.107 e. The number of alkyl halides is 1. The molecule has 96 valence electrons. The average Bonchev–Trinajstić information content (AvgIpc) is 2.79. The summed E-state index contributed by atoms with van der Waals surface area (Å²) in [6.45, 7) is 1.72. The lowest BCUT2D eigenvalue weighted by molar-refractivity contribution is 0.318. The summed E-state index contributed by atoms with van der Waals surface area (Å²) in [7, 11) is 2.08. The lowest BCUT2D eigenvalue weighted by atomic mass is 10.2. The minimum absolute atomic E-state index is 0.484. The second kappa shape index (κ2) is 6.53. The molecule has 0 spiro atoms. The van der Waals surface area contributed by atoms with E-state index in [0.717, 1.165) is 28.8 Å². The van der Waals surface area contributed by atoms with Crippen LogP contribution in [0.2, 0.25) is 5.02 Å². The van der Waals surface area contributed by atoms with Crippen molar-refractivity contribution >= 4 is 34.5 Å². The summed E-state index contributed by atoms with van der Waals surface area (Å²) in [5, 5.41) is 3.88. The van der Waals surface area contributed by atoms with Crippen molar-refractivity contribution in [2.45, 2.75) is 19.0 Å². The number of aromatic nitrogens is 1. The normalized spacial score (nSPS) is 11.1. The zero-order valence-corrected chi connectivity index (χ0v) is 12.4. The molecule has 0 atom stereocenters. The number of hydrogen-bond donors (Lipinski definition) is 0. The molecule has 2 nitrogen and oxygen atoms in total. The Balaban J connectivity index is 1.91. The number of nitrogens with zero attached hydrogens (tertiary/aromatic N) is 2. The summed E-state index contributed by atoms with van der Waals surface area (Å²) >= 11 is 13.3. The number of halogens is 2. The minimum atomic E-state index is 0.484. The first-order valence-electron chi connectivity index (χ1n) is 5.59. The van der Waals surface area contributed by atoms with E-state index in [9.17, 15) is 0 Å². The van der Waals surface area contributed by atoms with Gasteiger partial charge in [-0.2, -0.15) is 0 Å². The lowest BCUT2D eigenvalue weighted by Crippen LogP contribution is -2.17. The maximum atomic E-state index is 5.86. The van der Waals surface area contributed by atoms with Crippen LogP contribution in [0.5, 0.6) is 0 Å². The van der Waals surface area contributed by atoms with Crippen LogP contribution in [0.25, 0.3) is 0 Å². The highest BCUT2D eigenvalue weighted by atomic mass is 35.5. The Bertz CT molecular complexity index is 496. The van der Waals surface area contributed by atoms with Crippen LogP contribution < -0.4 is 0 Å². The molecule has 0 saturated heterocycles. The third-order valence-corrected chi connectivity index (χ3v) is 3.92. The van der Waals surface area contributed by atoms with Crippen LogP contribution >= 0.6 is 34.5 Å². The van der Waals surface area contributed by atoms with Gasteiger partial charge in [-0.05, 0) is 24.7 Å². The Morgan fingerprint density at radius 2 is 1.94 bits per heavy atom. The van der Waals surface area contributed by atoms with Crippen LogP contribution in [0.15, 0.2) is 29.6 Å². The molecule has 5 heteroatoms. The Hall–Kier alpha value is -0.610. The first kappa shape index (κ1) is 13.8. The average molecular weight is 301 g/mol. The molecule has 0 aliphatic rings. The van der Waals surface area contributed by atoms with Gasteiger partial charge in [0.15, 0.2) is 0 Å². The molecule has 0 aliphatic carbocycles. The van der Waals surface area contributed by atoms with E-state index < -0.39 is 0 Å². The summed E-state index contributed by atoms with van der Waals surface area (Å²) in [6.07, 6.45) is 0. The first-order valence-corrected chi connectivity index (χ1v) is 7.39. The van der Waals surface area contributed by atoms with E-state index in [0.29, 0.717) is 5.88 Å². The lowest BCUT2D eigenvalue weighted by Gasteiger charge is -2.15. The molecule has 0 bridgehead atoms. The summed E-state index contributed by atoms with van der Waals surface area (Å²) in [5.41, 5.74) is 2.20. The fraction of sp³-hybridized carbons (Fsp3) is 0.308. The molecule has 0 aliphatic heterocycles. The zero-order chi connectivity index (χ0) is 13.0. The van der Waals surface area contributed by atoms with Crippen LogP contribution in [-0.4, -0.2) is 16.9 Å². The molecule has 1 aromatic carbocycles. The van der Waals surface area contributed by atoms with E-state index in [2.05, 4.69) is 16.9 Å². The molecule has 0 fully saturated rings. The van der Waals surface area contributed by atoms with E-state index in [4.69, 9.17) is 23.2 Å². The molecule has 0 radical (unpaired) electrons. The SMILES string of the molecule is CN(Cc1ccc(Cl)cc1)Cc1nc(CCl)cs1. The molecule has 0 saturated carbocycles. The van der Waals surface area contributed by atoms with Crippen molar-refractivity contribution in [3.63, 3.8) is 0 Å². The molecule has 1 heterocycles. The van der Waals surface area contributed by atoms with Crippen LogP contribution in [0.1, 0.15) is 16.3 Å². The molecule has 18 heavy (non-hydrogen) atoms. The second-order valence-electron chi connectivity index (χ2n) is 4.16. The summed E-state index contributed by atoms with van der Waals surface area (Å²) in [6, 6.07) is 7.93. The Morgan fingerprint density at radius 1 is 1.22 bits per heavy atom. The topological polar surface area (TPSA) is 16.1 Å². The number of hydrogen-bond acceptors (Lipinski definition) is 3. The molecule has 2 aromatic rings. The number of benzene rings is 1. The standard InChI is InChI=1S/C13H14Cl2N2S/c1-17(7-10-2-4-11(15)5-3-10)8-13-16-12(6-14)9-18-13/h2-5,9H,6-8H2,1H3. The number of thiazole rings is 1. The molecule has 0 unspecified atom stereocenters. The van der Waals surface area contributed by atoms with Gasteiger partial charge >= 0.3 is 0 Å². The largest absolute Gasteiger partial charge is 0.295 e. The van der Waals surface area contributed by atoms with Crippen LogP contribution in [0.4, 0.5) is 0 Å². The highest BCUT2D eigenvalue weighted by molar-refractivity contribution is 7.09. The molecule has 1 aromatic heterocycles. The van der Waals surface area contributed by atoms with E-state index in [-0.39, 0.29) is 0 Å².